The van der Waals surface area contributed by atoms with Crippen LogP contribution in [-0.4, -0.2) is 71.6 Å². The second-order valence-corrected chi connectivity index (χ2v) is 10.8. The molecule has 0 aliphatic carbocycles. The van der Waals surface area contributed by atoms with E-state index in [-0.39, 0.29) is 11.6 Å². The number of rotatable bonds is 6. The zero-order valence-corrected chi connectivity index (χ0v) is 24.3. The predicted molar refractivity (Wildman–Crippen MR) is 170 cm³/mol. The SMILES string of the molecule is N#Cc1nnccc1C(=O)N1CCN(Cc2ccc(-n3c(-c4cccnc4N)nc4ccc(-c5ccccc5)nc43)cc2)CC1. The van der Waals surface area contributed by atoms with Crippen molar-refractivity contribution in [1.29, 1.82) is 5.26 Å². The molecule has 0 unspecified atom stereocenters. The molecule has 1 fully saturated rings. The summed E-state index contributed by atoms with van der Waals surface area (Å²) in [5.41, 5.74) is 12.8. The lowest BCUT2D eigenvalue weighted by Crippen LogP contribution is -2.48. The van der Waals surface area contributed by atoms with Gasteiger partial charge in [-0.05, 0) is 48.0 Å². The summed E-state index contributed by atoms with van der Waals surface area (Å²) in [7, 11) is 0. The molecule has 45 heavy (non-hydrogen) atoms. The maximum atomic E-state index is 13.0. The first-order valence-electron chi connectivity index (χ1n) is 14.6. The van der Waals surface area contributed by atoms with Crippen LogP contribution >= 0.6 is 0 Å². The van der Waals surface area contributed by atoms with Crippen molar-refractivity contribution in [2.45, 2.75) is 6.54 Å². The number of carbonyl (C=O) groups is 1. The summed E-state index contributed by atoms with van der Waals surface area (Å²) in [4.78, 5) is 31.4. The number of nitrogens with zero attached hydrogens (tertiary/aromatic N) is 9. The van der Waals surface area contributed by atoms with E-state index in [2.05, 4.69) is 44.3 Å². The molecule has 2 aromatic carbocycles. The lowest BCUT2D eigenvalue weighted by Gasteiger charge is -2.34. The number of benzene rings is 2. The fourth-order valence-electron chi connectivity index (χ4n) is 5.63. The fourth-order valence-corrected chi connectivity index (χ4v) is 5.63. The first kappa shape index (κ1) is 27.8. The Kier molecular flexibility index (Phi) is 7.39. The highest BCUT2D eigenvalue weighted by Crippen LogP contribution is 2.32. The van der Waals surface area contributed by atoms with Crippen molar-refractivity contribution >= 4 is 22.9 Å². The number of hydrogen-bond donors (Lipinski definition) is 1. The van der Waals surface area contributed by atoms with Gasteiger partial charge in [0.15, 0.2) is 17.2 Å². The van der Waals surface area contributed by atoms with Gasteiger partial charge in [-0.15, -0.1) is 5.10 Å². The molecule has 0 spiro atoms. The van der Waals surface area contributed by atoms with Crippen molar-refractivity contribution in [3.8, 4) is 34.4 Å². The molecule has 0 radical (unpaired) electrons. The third-order valence-corrected chi connectivity index (χ3v) is 7.97. The molecule has 11 nitrogen and oxygen atoms in total. The van der Waals surface area contributed by atoms with Gasteiger partial charge in [0.25, 0.3) is 5.91 Å². The molecule has 2 N–H and O–H groups in total. The van der Waals surface area contributed by atoms with Gasteiger partial charge in [0.2, 0.25) is 0 Å². The monoisotopic (exact) mass is 592 g/mol. The largest absolute Gasteiger partial charge is 0.383 e. The van der Waals surface area contributed by atoms with Crippen LogP contribution in [0.25, 0.3) is 39.5 Å². The molecule has 0 atom stereocenters. The van der Waals surface area contributed by atoms with Crippen LogP contribution in [0, 0.1) is 11.3 Å². The van der Waals surface area contributed by atoms with Gasteiger partial charge < -0.3 is 10.6 Å². The summed E-state index contributed by atoms with van der Waals surface area (Å²) in [5, 5.41) is 16.8. The van der Waals surface area contributed by atoms with Crippen molar-refractivity contribution in [3.05, 3.63) is 114 Å². The van der Waals surface area contributed by atoms with Gasteiger partial charge in [-0.3, -0.25) is 14.3 Å². The number of nitrogens with two attached hydrogens (primary N) is 1. The second kappa shape index (κ2) is 11.9. The Labute approximate surface area is 259 Å². The molecule has 7 rings (SSSR count). The smallest absolute Gasteiger partial charge is 0.257 e. The van der Waals surface area contributed by atoms with Gasteiger partial charge in [0.05, 0.1) is 23.0 Å². The summed E-state index contributed by atoms with van der Waals surface area (Å²) in [5.74, 6) is 0.883. The molecule has 1 saturated heterocycles. The Morgan fingerprint density at radius 3 is 2.42 bits per heavy atom. The topological polar surface area (TPSA) is 143 Å². The zero-order valence-electron chi connectivity index (χ0n) is 24.3. The third kappa shape index (κ3) is 5.46. The standard InChI is InChI=1S/C34H28N10O/c35-21-30-26(14-16-38-41-30)34(45)43-19-17-42(18-20-43)22-23-8-10-25(11-9-23)44-32(27-7-4-15-37-31(27)36)40-29-13-12-28(39-33(29)44)24-5-2-1-3-6-24/h1-16H,17-20,22H2,(H2,36,37). The number of pyridine rings is 2. The first-order chi connectivity index (χ1) is 22.1. The van der Waals surface area contributed by atoms with E-state index in [4.69, 9.17) is 15.7 Å². The van der Waals surface area contributed by atoms with Crippen LogP contribution in [0.2, 0.25) is 0 Å². The van der Waals surface area contributed by atoms with Gasteiger partial charge in [0, 0.05) is 50.2 Å². The summed E-state index contributed by atoms with van der Waals surface area (Å²) in [6, 6.07) is 29.7. The van der Waals surface area contributed by atoms with Crippen LogP contribution in [0.1, 0.15) is 21.6 Å². The molecule has 1 aliphatic rings. The predicted octanol–water partition coefficient (Wildman–Crippen LogP) is 4.35. The van der Waals surface area contributed by atoms with Crippen molar-refractivity contribution in [2.75, 3.05) is 31.9 Å². The van der Waals surface area contributed by atoms with Gasteiger partial charge in [-0.1, -0.05) is 42.5 Å². The van der Waals surface area contributed by atoms with E-state index in [1.165, 1.54) is 6.20 Å². The van der Waals surface area contributed by atoms with Crippen LogP contribution in [0.3, 0.4) is 0 Å². The summed E-state index contributed by atoms with van der Waals surface area (Å²) >= 11 is 0. The van der Waals surface area contributed by atoms with Crippen LogP contribution < -0.4 is 5.73 Å². The van der Waals surface area contributed by atoms with E-state index in [0.29, 0.717) is 30.3 Å². The number of piperazine rings is 1. The number of imidazole rings is 1. The number of fused-ring (bicyclic) bond motifs is 1. The van der Waals surface area contributed by atoms with Crippen molar-refractivity contribution in [3.63, 3.8) is 0 Å². The Bertz CT molecular complexity index is 2040. The minimum atomic E-state index is -0.188. The quantitative estimate of drug-likeness (QED) is 0.299. The number of anilines is 1. The minimum absolute atomic E-state index is 0.0524. The number of hydrogen-bond acceptors (Lipinski definition) is 9. The molecule has 11 heteroatoms. The van der Waals surface area contributed by atoms with E-state index in [1.807, 2.05) is 65.2 Å². The average molecular weight is 593 g/mol. The Hall–Kier alpha value is -5.99. The maximum Gasteiger partial charge on any atom is 0.257 e. The summed E-state index contributed by atoms with van der Waals surface area (Å²) < 4.78 is 2.03. The number of aromatic nitrogens is 6. The fraction of sp³-hybridized carbons (Fsp3) is 0.147. The van der Waals surface area contributed by atoms with Gasteiger partial charge in [-0.25, -0.2) is 15.0 Å². The average Bonchev–Trinajstić information content (AvgIpc) is 3.48. The van der Waals surface area contributed by atoms with Gasteiger partial charge >= 0.3 is 0 Å². The maximum absolute atomic E-state index is 13.0. The molecular formula is C34H28N10O. The van der Waals surface area contributed by atoms with E-state index < -0.39 is 0 Å². The van der Waals surface area contributed by atoms with Crippen LogP contribution in [0.5, 0.6) is 0 Å². The van der Waals surface area contributed by atoms with Crippen molar-refractivity contribution in [2.24, 2.45) is 0 Å². The lowest BCUT2D eigenvalue weighted by molar-refractivity contribution is 0.0627. The first-order valence-corrected chi connectivity index (χ1v) is 14.6. The third-order valence-electron chi connectivity index (χ3n) is 7.97. The molecule has 6 aromatic rings. The lowest BCUT2D eigenvalue weighted by atomic mass is 10.1. The highest BCUT2D eigenvalue weighted by molar-refractivity contribution is 5.96. The minimum Gasteiger partial charge on any atom is -0.383 e. The van der Waals surface area contributed by atoms with Crippen molar-refractivity contribution < 1.29 is 4.79 Å². The van der Waals surface area contributed by atoms with Crippen LogP contribution in [0.15, 0.2) is 97.3 Å². The highest BCUT2D eigenvalue weighted by atomic mass is 16.2. The molecular weight excluding hydrogens is 564 g/mol. The van der Waals surface area contributed by atoms with Crippen molar-refractivity contribution in [1.82, 2.24) is 39.5 Å². The van der Waals surface area contributed by atoms with Crippen LogP contribution in [-0.2, 0) is 6.54 Å². The molecule has 220 valence electrons. The van der Waals surface area contributed by atoms with Gasteiger partial charge in [-0.2, -0.15) is 10.4 Å². The van der Waals surface area contributed by atoms with Crippen LogP contribution in [0.4, 0.5) is 5.82 Å². The van der Waals surface area contributed by atoms with E-state index in [1.54, 1.807) is 17.2 Å². The molecule has 1 aliphatic heterocycles. The highest BCUT2D eigenvalue weighted by Gasteiger charge is 2.25. The molecule has 5 heterocycles. The molecule has 4 aromatic heterocycles. The summed E-state index contributed by atoms with van der Waals surface area (Å²) in [6.07, 6.45) is 3.11. The Balaban J connectivity index is 1.14. The van der Waals surface area contributed by atoms with E-state index in [0.717, 1.165) is 58.9 Å². The Morgan fingerprint density at radius 2 is 1.67 bits per heavy atom. The molecule has 1 amide bonds. The normalized spacial score (nSPS) is 13.5. The number of nitrogen functional groups attached to an aromatic ring is 1. The number of nitriles is 1. The number of amides is 1. The van der Waals surface area contributed by atoms with E-state index in [9.17, 15) is 10.1 Å². The molecule has 0 bridgehead atoms. The summed E-state index contributed by atoms with van der Waals surface area (Å²) in [6.45, 7) is 3.31. The number of carbonyl (C=O) groups excluding carboxylic acids is 1. The zero-order chi connectivity index (χ0) is 30.8. The van der Waals surface area contributed by atoms with E-state index >= 15 is 0 Å². The second-order valence-electron chi connectivity index (χ2n) is 10.8. The Morgan fingerprint density at radius 1 is 0.867 bits per heavy atom. The van der Waals surface area contributed by atoms with Gasteiger partial charge in [0.1, 0.15) is 17.4 Å². The molecule has 0 saturated carbocycles.